The number of fused-ring (bicyclic) bond motifs is 2. The van der Waals surface area contributed by atoms with Crippen molar-refractivity contribution in [2.24, 2.45) is 29.1 Å². The van der Waals surface area contributed by atoms with Crippen LogP contribution in [0.15, 0.2) is 0 Å². The van der Waals surface area contributed by atoms with E-state index in [-0.39, 0.29) is 60.0 Å². The van der Waals surface area contributed by atoms with Gasteiger partial charge in [0, 0.05) is 31.1 Å². The Morgan fingerprint density at radius 1 is 1.03 bits per heavy atom. The molecule has 0 aromatic rings. The Morgan fingerprint density at radius 3 is 1.77 bits per heavy atom. The third-order valence-corrected chi connectivity index (χ3v) is 13.1. The Labute approximate surface area is 189 Å². The summed E-state index contributed by atoms with van der Waals surface area (Å²) in [6.07, 6.45) is 2.43. The predicted molar refractivity (Wildman–Crippen MR) is 123 cm³/mol. The summed E-state index contributed by atoms with van der Waals surface area (Å²) in [5.74, 6) is -0.374. The van der Waals surface area contributed by atoms with E-state index in [1.165, 1.54) is 13.8 Å². The molecular formula is C24H44O6Si. The first-order chi connectivity index (χ1) is 14.1. The van der Waals surface area contributed by atoms with Crippen LogP contribution >= 0.6 is 0 Å². The van der Waals surface area contributed by atoms with E-state index in [9.17, 15) is 14.7 Å². The summed E-state index contributed by atoms with van der Waals surface area (Å²) in [6.45, 7) is 18.5. The van der Waals surface area contributed by atoms with Crippen LogP contribution in [-0.2, 0) is 23.5 Å². The molecule has 2 aliphatic carbocycles. The maximum Gasteiger partial charge on any atom is 0.302 e. The quantitative estimate of drug-likeness (QED) is 0.447. The molecule has 6 nitrogen and oxygen atoms in total. The topological polar surface area (TPSA) is 82.1 Å². The normalized spacial score (nSPS) is 34.7. The molecule has 0 aromatic heterocycles. The highest BCUT2D eigenvalue weighted by molar-refractivity contribution is 6.74. The number of aliphatic hydroxyl groups excluding tert-OH is 1. The lowest BCUT2D eigenvalue weighted by Gasteiger charge is -2.61. The first kappa shape index (κ1) is 26.3. The van der Waals surface area contributed by atoms with Crippen LogP contribution in [0.3, 0.4) is 0 Å². The van der Waals surface area contributed by atoms with Crippen molar-refractivity contribution in [3.8, 4) is 0 Å². The number of hydrogen-bond donors (Lipinski definition) is 1. The molecule has 2 saturated carbocycles. The summed E-state index contributed by atoms with van der Waals surface area (Å²) in [5, 5.41) is 11.1. The van der Waals surface area contributed by atoms with Gasteiger partial charge >= 0.3 is 11.9 Å². The predicted octanol–water partition coefficient (Wildman–Crippen LogP) is 4.55. The summed E-state index contributed by atoms with van der Waals surface area (Å²) < 4.78 is 18.1. The van der Waals surface area contributed by atoms with Gasteiger partial charge in [-0.05, 0) is 49.7 Å². The van der Waals surface area contributed by atoms with Gasteiger partial charge in [-0.3, -0.25) is 9.59 Å². The van der Waals surface area contributed by atoms with Gasteiger partial charge in [-0.1, -0.05) is 34.1 Å². The summed E-state index contributed by atoms with van der Waals surface area (Å²) >= 11 is 0. The fourth-order valence-corrected chi connectivity index (χ4v) is 7.01. The van der Waals surface area contributed by atoms with E-state index in [2.05, 4.69) is 40.8 Å². The van der Waals surface area contributed by atoms with Crippen molar-refractivity contribution in [1.82, 2.24) is 0 Å². The van der Waals surface area contributed by atoms with Crippen LogP contribution in [0.1, 0.15) is 67.7 Å². The maximum atomic E-state index is 11.7. The average molecular weight is 457 g/mol. The van der Waals surface area contributed by atoms with E-state index in [0.717, 1.165) is 19.3 Å². The molecule has 0 spiro atoms. The SMILES string of the molecule is CC(=O)OC[C@@H]1[C@H]2CCC[C@H](C2O[Si](C)(C)C(C)(C)C)[C@H](COC(C)=O)C1(C)C(C)O. The largest absolute Gasteiger partial charge is 0.466 e. The van der Waals surface area contributed by atoms with Crippen molar-refractivity contribution in [3.63, 3.8) is 0 Å². The van der Waals surface area contributed by atoms with Gasteiger partial charge in [0.2, 0.25) is 0 Å². The molecular weight excluding hydrogens is 412 g/mol. The molecule has 0 amide bonds. The summed E-state index contributed by atoms with van der Waals surface area (Å²) in [4.78, 5) is 23.4. The number of hydrogen-bond acceptors (Lipinski definition) is 6. The molecule has 0 heterocycles. The standard InChI is InChI=1S/C24H44O6Si/c1-15(25)24(7)20(13-28-16(2)26)18-11-10-12-19(21(24)14-29-17(3)27)22(18)30-31(8,9)23(4,5)6/h15,18-22,25H,10-14H2,1-9H3/t15?,18-,19+,20-,21+,22?,24?. The smallest absolute Gasteiger partial charge is 0.302 e. The van der Waals surface area contributed by atoms with Gasteiger partial charge in [0.25, 0.3) is 0 Å². The Kier molecular flexibility index (Phi) is 8.08. The van der Waals surface area contributed by atoms with Crippen LogP contribution in [0.25, 0.3) is 0 Å². The van der Waals surface area contributed by atoms with E-state index < -0.39 is 19.8 Å². The van der Waals surface area contributed by atoms with Crippen LogP contribution < -0.4 is 0 Å². The van der Waals surface area contributed by atoms with Gasteiger partial charge in [-0.25, -0.2) is 0 Å². The van der Waals surface area contributed by atoms with E-state index in [4.69, 9.17) is 13.9 Å². The molecule has 180 valence electrons. The zero-order valence-electron chi connectivity index (χ0n) is 21.0. The highest BCUT2D eigenvalue weighted by Gasteiger charge is 2.61. The Morgan fingerprint density at radius 2 is 1.45 bits per heavy atom. The summed E-state index contributed by atoms with van der Waals surface area (Å²) in [6, 6.07) is 0. The van der Waals surface area contributed by atoms with Crippen molar-refractivity contribution >= 4 is 20.3 Å². The fourth-order valence-electron chi connectivity index (χ4n) is 5.63. The molecule has 31 heavy (non-hydrogen) atoms. The molecule has 3 unspecified atom stereocenters. The fraction of sp³-hybridized carbons (Fsp3) is 0.917. The van der Waals surface area contributed by atoms with Crippen LogP contribution in [0, 0.1) is 29.1 Å². The Bertz CT molecular complexity index is 619. The molecule has 7 atom stereocenters. The Balaban J connectivity index is 2.53. The van der Waals surface area contributed by atoms with Crippen molar-refractivity contribution in [1.29, 1.82) is 0 Å². The maximum absolute atomic E-state index is 11.7. The third kappa shape index (κ3) is 5.36. The average Bonchev–Trinajstić information content (AvgIpc) is 2.60. The van der Waals surface area contributed by atoms with E-state index in [0.29, 0.717) is 0 Å². The number of aliphatic hydroxyl groups is 1. The zero-order valence-corrected chi connectivity index (χ0v) is 22.0. The molecule has 2 aliphatic rings. The third-order valence-electron chi connectivity index (χ3n) is 8.62. The lowest BCUT2D eigenvalue weighted by Crippen LogP contribution is -2.64. The van der Waals surface area contributed by atoms with Gasteiger partial charge < -0.3 is 19.0 Å². The minimum Gasteiger partial charge on any atom is -0.466 e. The number of esters is 2. The number of ether oxygens (including phenoxy) is 2. The molecule has 1 N–H and O–H groups in total. The lowest BCUT2D eigenvalue weighted by atomic mass is 9.48. The van der Waals surface area contributed by atoms with Crippen LogP contribution in [0.4, 0.5) is 0 Å². The minimum absolute atomic E-state index is 0.0163. The molecule has 0 aliphatic heterocycles. The zero-order chi connectivity index (χ0) is 23.8. The second-order valence-electron chi connectivity index (χ2n) is 11.5. The molecule has 0 radical (unpaired) electrons. The first-order valence-corrected chi connectivity index (χ1v) is 14.7. The number of carbonyl (C=O) groups is 2. The van der Waals surface area contributed by atoms with Crippen molar-refractivity contribution in [2.45, 2.75) is 98.1 Å². The van der Waals surface area contributed by atoms with E-state index in [1.54, 1.807) is 0 Å². The van der Waals surface area contributed by atoms with E-state index in [1.807, 2.05) is 6.92 Å². The van der Waals surface area contributed by atoms with Crippen molar-refractivity contribution in [2.75, 3.05) is 13.2 Å². The second-order valence-corrected chi connectivity index (χ2v) is 16.2. The van der Waals surface area contributed by atoms with Crippen LogP contribution in [0.5, 0.6) is 0 Å². The molecule has 2 rings (SSSR count). The van der Waals surface area contributed by atoms with E-state index >= 15 is 0 Å². The summed E-state index contributed by atoms with van der Waals surface area (Å²) in [5.41, 5.74) is -0.548. The molecule has 7 heteroatoms. The van der Waals surface area contributed by atoms with Gasteiger partial charge in [0.15, 0.2) is 8.32 Å². The Hall–Kier alpha value is -0.923. The van der Waals surface area contributed by atoms with Gasteiger partial charge in [-0.2, -0.15) is 0 Å². The molecule has 0 saturated heterocycles. The minimum atomic E-state index is -2.06. The van der Waals surface area contributed by atoms with Gasteiger partial charge in [-0.15, -0.1) is 0 Å². The number of carbonyl (C=O) groups excluding carboxylic acids is 2. The molecule has 0 aromatic carbocycles. The van der Waals surface area contributed by atoms with Crippen LogP contribution in [-0.4, -0.2) is 50.8 Å². The molecule has 2 fully saturated rings. The number of rotatable bonds is 7. The summed E-state index contributed by atoms with van der Waals surface area (Å²) in [7, 11) is -2.06. The second kappa shape index (κ2) is 9.52. The lowest BCUT2D eigenvalue weighted by molar-refractivity contribution is -0.206. The first-order valence-electron chi connectivity index (χ1n) is 11.8. The highest BCUT2D eigenvalue weighted by Crippen LogP contribution is 2.59. The van der Waals surface area contributed by atoms with Crippen LogP contribution in [0.2, 0.25) is 18.1 Å². The molecule has 2 bridgehead atoms. The van der Waals surface area contributed by atoms with Crippen molar-refractivity contribution in [3.05, 3.63) is 0 Å². The van der Waals surface area contributed by atoms with Gasteiger partial charge in [0.05, 0.1) is 25.4 Å². The van der Waals surface area contributed by atoms with Gasteiger partial charge in [0.1, 0.15) is 0 Å². The highest BCUT2D eigenvalue weighted by atomic mass is 28.4. The van der Waals surface area contributed by atoms with Crippen molar-refractivity contribution < 1.29 is 28.6 Å². The monoisotopic (exact) mass is 456 g/mol.